The van der Waals surface area contributed by atoms with E-state index in [0.29, 0.717) is 39.9 Å². The first-order chi connectivity index (χ1) is 15.9. The molecule has 0 bridgehead atoms. The highest BCUT2D eigenvalue weighted by molar-refractivity contribution is 6.46. The molecule has 0 spiro atoms. The lowest BCUT2D eigenvalue weighted by atomic mass is 10.0. The maximum Gasteiger partial charge on any atom is 0.282 e. The van der Waals surface area contributed by atoms with Gasteiger partial charge in [0, 0.05) is 0 Å². The molecule has 0 fully saturated rings. The van der Waals surface area contributed by atoms with Crippen molar-refractivity contribution in [1.82, 2.24) is 0 Å². The highest BCUT2D eigenvalue weighted by Gasteiger charge is 2.40. The second-order valence-corrected chi connectivity index (χ2v) is 8.00. The second kappa shape index (κ2) is 9.20. The molecule has 4 rings (SSSR count). The molecule has 0 aliphatic carbocycles. The number of imide groups is 1. The Hall–Kier alpha value is -4.06. The fourth-order valence-corrected chi connectivity index (χ4v) is 3.80. The molecule has 6 nitrogen and oxygen atoms in total. The average molecular weight is 443 g/mol. The van der Waals surface area contributed by atoms with E-state index in [9.17, 15) is 9.59 Å². The van der Waals surface area contributed by atoms with Crippen LogP contribution in [-0.4, -0.2) is 26.0 Å². The van der Waals surface area contributed by atoms with Crippen LogP contribution in [0.2, 0.25) is 0 Å². The minimum absolute atomic E-state index is 0.197. The second-order valence-electron chi connectivity index (χ2n) is 8.00. The molecule has 0 aromatic heterocycles. The number of carbonyl (C=O) groups is 2. The normalized spacial score (nSPS) is 13.7. The van der Waals surface area contributed by atoms with Gasteiger partial charge in [0.05, 0.1) is 31.2 Å². The number of rotatable bonds is 7. The molecule has 1 heterocycles. The summed E-state index contributed by atoms with van der Waals surface area (Å²) in [4.78, 5) is 28.4. The van der Waals surface area contributed by atoms with Gasteiger partial charge in [-0.1, -0.05) is 50.2 Å². The Morgan fingerprint density at radius 2 is 1.45 bits per heavy atom. The molecule has 0 saturated heterocycles. The van der Waals surface area contributed by atoms with Crippen LogP contribution in [0.25, 0.3) is 5.57 Å². The molecule has 1 aliphatic rings. The molecule has 0 saturated carbocycles. The summed E-state index contributed by atoms with van der Waals surface area (Å²) in [7, 11) is 3.14. The fraction of sp³-hybridized carbons (Fsp3) is 0.185. The van der Waals surface area contributed by atoms with Crippen molar-refractivity contribution in [2.75, 3.05) is 24.4 Å². The first kappa shape index (κ1) is 22.1. The van der Waals surface area contributed by atoms with Gasteiger partial charge in [0.1, 0.15) is 17.2 Å². The zero-order valence-electron chi connectivity index (χ0n) is 19.1. The van der Waals surface area contributed by atoms with E-state index in [-0.39, 0.29) is 11.6 Å². The van der Waals surface area contributed by atoms with E-state index in [2.05, 4.69) is 19.2 Å². The predicted molar refractivity (Wildman–Crippen MR) is 130 cm³/mol. The quantitative estimate of drug-likeness (QED) is 0.508. The largest absolute Gasteiger partial charge is 0.497 e. The standard InChI is InChI=1S/C27H26N2O4/c1-17(2)18-9-13-20(14-10-18)29-26(30)24(19-11-15-21(32-3)16-12-19)25(27(29)31)28-22-7-5-6-8-23(22)33-4/h5-17,28H,1-4H3. The van der Waals surface area contributed by atoms with Crippen molar-refractivity contribution in [2.24, 2.45) is 0 Å². The summed E-state index contributed by atoms with van der Waals surface area (Å²) >= 11 is 0. The lowest BCUT2D eigenvalue weighted by Gasteiger charge is -2.17. The number of methoxy groups -OCH3 is 2. The van der Waals surface area contributed by atoms with Crippen LogP contribution in [0, 0.1) is 0 Å². The van der Waals surface area contributed by atoms with Crippen molar-refractivity contribution in [3.8, 4) is 11.5 Å². The zero-order chi connectivity index (χ0) is 23.5. The van der Waals surface area contributed by atoms with Crippen molar-refractivity contribution in [2.45, 2.75) is 19.8 Å². The Kier molecular flexibility index (Phi) is 6.18. The molecular formula is C27H26N2O4. The lowest BCUT2D eigenvalue weighted by Crippen LogP contribution is -2.32. The minimum Gasteiger partial charge on any atom is -0.497 e. The van der Waals surface area contributed by atoms with E-state index in [1.807, 2.05) is 36.4 Å². The van der Waals surface area contributed by atoms with E-state index in [1.54, 1.807) is 50.6 Å². The van der Waals surface area contributed by atoms with E-state index in [0.717, 1.165) is 5.56 Å². The number of benzene rings is 3. The molecule has 3 aromatic carbocycles. The number of hydrogen-bond donors (Lipinski definition) is 1. The fourth-order valence-electron chi connectivity index (χ4n) is 3.80. The Morgan fingerprint density at radius 3 is 2.06 bits per heavy atom. The molecule has 33 heavy (non-hydrogen) atoms. The molecule has 0 atom stereocenters. The summed E-state index contributed by atoms with van der Waals surface area (Å²) in [5.41, 5.74) is 3.36. The van der Waals surface area contributed by atoms with Crippen LogP contribution in [0.4, 0.5) is 11.4 Å². The van der Waals surface area contributed by atoms with Crippen LogP contribution in [-0.2, 0) is 9.59 Å². The van der Waals surface area contributed by atoms with Crippen molar-refractivity contribution in [3.63, 3.8) is 0 Å². The van der Waals surface area contributed by atoms with Crippen LogP contribution >= 0.6 is 0 Å². The molecule has 1 N–H and O–H groups in total. The van der Waals surface area contributed by atoms with E-state index < -0.39 is 5.91 Å². The maximum atomic E-state index is 13.6. The topological polar surface area (TPSA) is 67.9 Å². The molecule has 6 heteroatoms. The van der Waals surface area contributed by atoms with Crippen LogP contribution in [0.5, 0.6) is 11.5 Å². The van der Waals surface area contributed by atoms with Crippen molar-refractivity contribution < 1.29 is 19.1 Å². The van der Waals surface area contributed by atoms with E-state index in [4.69, 9.17) is 9.47 Å². The van der Waals surface area contributed by atoms with Gasteiger partial charge in [-0.2, -0.15) is 0 Å². The molecule has 2 amide bonds. The maximum absolute atomic E-state index is 13.6. The van der Waals surface area contributed by atoms with Gasteiger partial charge in [0.25, 0.3) is 11.8 Å². The van der Waals surface area contributed by atoms with Crippen LogP contribution in [0.3, 0.4) is 0 Å². The summed E-state index contributed by atoms with van der Waals surface area (Å²) in [5, 5.41) is 3.16. The Morgan fingerprint density at radius 1 is 0.788 bits per heavy atom. The van der Waals surface area contributed by atoms with Gasteiger partial charge in [-0.05, 0) is 53.4 Å². The number of nitrogens with one attached hydrogen (secondary N) is 1. The molecule has 168 valence electrons. The third-order valence-electron chi connectivity index (χ3n) is 5.65. The monoisotopic (exact) mass is 442 g/mol. The van der Waals surface area contributed by atoms with Crippen molar-refractivity contribution in [3.05, 3.63) is 89.6 Å². The summed E-state index contributed by atoms with van der Waals surface area (Å²) in [5.74, 6) is 0.768. The van der Waals surface area contributed by atoms with Crippen LogP contribution in [0.1, 0.15) is 30.9 Å². The van der Waals surface area contributed by atoms with Gasteiger partial charge in [-0.25, -0.2) is 4.90 Å². The van der Waals surface area contributed by atoms with E-state index >= 15 is 0 Å². The number of para-hydroxylation sites is 2. The van der Waals surface area contributed by atoms with E-state index in [1.165, 1.54) is 4.90 Å². The first-order valence-corrected chi connectivity index (χ1v) is 10.7. The first-order valence-electron chi connectivity index (χ1n) is 10.7. The molecule has 3 aromatic rings. The number of anilines is 2. The average Bonchev–Trinajstić information content (AvgIpc) is 3.08. The molecule has 0 radical (unpaired) electrons. The summed E-state index contributed by atoms with van der Waals surface area (Å²) < 4.78 is 10.7. The van der Waals surface area contributed by atoms with Gasteiger partial charge in [-0.3, -0.25) is 9.59 Å². The lowest BCUT2D eigenvalue weighted by molar-refractivity contribution is -0.120. The third-order valence-corrected chi connectivity index (χ3v) is 5.65. The van der Waals surface area contributed by atoms with Gasteiger partial charge in [0.2, 0.25) is 0 Å². The smallest absolute Gasteiger partial charge is 0.282 e. The minimum atomic E-state index is -0.422. The van der Waals surface area contributed by atoms with Gasteiger partial charge in [0.15, 0.2) is 0 Å². The predicted octanol–water partition coefficient (Wildman–Crippen LogP) is 5.22. The Bertz CT molecular complexity index is 1210. The van der Waals surface area contributed by atoms with Gasteiger partial charge < -0.3 is 14.8 Å². The summed E-state index contributed by atoms with van der Waals surface area (Å²) in [6, 6.07) is 21.8. The van der Waals surface area contributed by atoms with Crippen LogP contribution < -0.4 is 19.7 Å². The highest BCUT2D eigenvalue weighted by atomic mass is 16.5. The molecule has 0 unspecified atom stereocenters. The zero-order valence-corrected chi connectivity index (χ0v) is 19.1. The van der Waals surface area contributed by atoms with Gasteiger partial charge >= 0.3 is 0 Å². The highest BCUT2D eigenvalue weighted by Crippen LogP contribution is 2.36. The third kappa shape index (κ3) is 4.20. The SMILES string of the molecule is COc1ccc(C2=C(Nc3ccccc3OC)C(=O)N(c3ccc(C(C)C)cc3)C2=O)cc1. The number of carbonyl (C=O) groups excluding carboxylic acids is 2. The summed E-state index contributed by atoms with van der Waals surface area (Å²) in [6.45, 7) is 4.19. The number of nitrogens with zero attached hydrogens (tertiary/aromatic N) is 1. The molecular weight excluding hydrogens is 416 g/mol. The molecule has 1 aliphatic heterocycles. The number of hydrogen-bond acceptors (Lipinski definition) is 5. The number of ether oxygens (including phenoxy) is 2. The number of amides is 2. The van der Waals surface area contributed by atoms with Crippen LogP contribution in [0.15, 0.2) is 78.5 Å². The van der Waals surface area contributed by atoms with Crippen molar-refractivity contribution >= 4 is 28.8 Å². The Balaban J connectivity index is 1.80. The Labute approximate surface area is 193 Å². The summed E-state index contributed by atoms with van der Waals surface area (Å²) in [6.07, 6.45) is 0. The van der Waals surface area contributed by atoms with Gasteiger partial charge in [-0.15, -0.1) is 0 Å². The van der Waals surface area contributed by atoms with Crippen molar-refractivity contribution in [1.29, 1.82) is 0 Å².